The van der Waals surface area contributed by atoms with Crippen LogP contribution in [-0.4, -0.2) is 128 Å². The molecular weight excluding hydrogens is 865 g/mol. The highest BCUT2D eigenvalue weighted by Gasteiger charge is 2.52. The molecule has 3 aromatic rings. The number of aromatic nitrogens is 1. The van der Waals surface area contributed by atoms with Crippen LogP contribution in [0.25, 0.3) is 10.9 Å². The molecule has 1 aromatic heterocycles. The molecule has 2 saturated heterocycles. The largest absolute Gasteiger partial charge is 0.370 e. The van der Waals surface area contributed by atoms with Crippen LogP contribution in [0.5, 0.6) is 0 Å². The van der Waals surface area contributed by atoms with Crippen molar-refractivity contribution in [3.8, 4) is 0 Å². The van der Waals surface area contributed by atoms with Gasteiger partial charge in [-0.15, -0.1) is 11.8 Å². The molecule has 0 unspecified atom stereocenters. The highest BCUT2D eigenvalue weighted by Crippen LogP contribution is 2.41. The van der Waals surface area contributed by atoms with E-state index in [9.17, 15) is 28.8 Å². The van der Waals surface area contributed by atoms with Crippen LogP contribution in [0.4, 0.5) is 0 Å². The smallest absolute Gasteiger partial charge is 0.247 e. The van der Waals surface area contributed by atoms with Crippen molar-refractivity contribution in [2.24, 2.45) is 27.9 Å². The molecule has 3 heterocycles. The number of nitrogens with two attached hydrogens (primary N) is 4. The zero-order chi connectivity index (χ0) is 48.1. The van der Waals surface area contributed by atoms with Gasteiger partial charge in [0.1, 0.15) is 36.3 Å². The number of benzene rings is 2. The number of hydrogen-bond acceptors (Lipinski definition) is 10. The van der Waals surface area contributed by atoms with Crippen molar-refractivity contribution in [2.45, 2.75) is 133 Å². The van der Waals surface area contributed by atoms with Crippen LogP contribution in [-0.2, 0) is 46.4 Å². The number of guanidine groups is 1. The van der Waals surface area contributed by atoms with Crippen molar-refractivity contribution in [3.63, 3.8) is 0 Å². The molecule has 0 spiro atoms. The van der Waals surface area contributed by atoms with Crippen LogP contribution < -0.4 is 44.2 Å². The van der Waals surface area contributed by atoms with Gasteiger partial charge in [-0.05, 0) is 70.1 Å². The number of primary amides is 1. The normalized spacial score (nSPS) is 18.9. The number of fused-ring (bicyclic) bond motifs is 1. The Morgan fingerprint density at radius 3 is 2.23 bits per heavy atom. The van der Waals surface area contributed by atoms with Gasteiger partial charge in [-0.2, -0.15) is 0 Å². The Hall–Kier alpha value is -6.15. The zero-order valence-electron chi connectivity index (χ0n) is 38.2. The highest BCUT2D eigenvalue weighted by molar-refractivity contribution is 8.00. The Bertz CT molecular complexity index is 2230. The van der Waals surface area contributed by atoms with Gasteiger partial charge in [0.25, 0.3) is 0 Å². The highest BCUT2D eigenvalue weighted by atomic mass is 32.2. The molecule has 2 aromatic carbocycles. The van der Waals surface area contributed by atoms with Crippen molar-refractivity contribution in [1.29, 1.82) is 0 Å². The first-order chi connectivity index (χ1) is 31.4. The van der Waals surface area contributed by atoms with Gasteiger partial charge in [-0.1, -0.05) is 68.3 Å². The van der Waals surface area contributed by atoms with Gasteiger partial charge in [0.05, 0.1) is 11.9 Å². The number of hydrogen-bond donors (Lipinski definition) is 9. The van der Waals surface area contributed by atoms with Crippen molar-refractivity contribution in [2.75, 3.05) is 19.0 Å². The summed E-state index contributed by atoms with van der Waals surface area (Å²) in [6, 6.07) is 9.35. The molecule has 0 radical (unpaired) electrons. The number of carbonyl (C=O) groups is 7. The molecule has 19 nitrogen and oxygen atoms in total. The van der Waals surface area contributed by atoms with Crippen molar-refractivity contribution >= 4 is 70.0 Å². The molecular formula is C46H66N12O7S. The molecule has 0 bridgehead atoms. The van der Waals surface area contributed by atoms with E-state index in [-0.39, 0.29) is 44.2 Å². The summed E-state index contributed by atoms with van der Waals surface area (Å²) >= 11 is 1.41. The number of nitrogens with one attached hydrogen (secondary N) is 5. The Labute approximate surface area is 389 Å². The van der Waals surface area contributed by atoms with E-state index in [0.717, 1.165) is 28.5 Å². The fourth-order valence-electron chi connectivity index (χ4n) is 8.39. The minimum Gasteiger partial charge on any atom is -0.370 e. The number of likely N-dealkylation sites (tertiary alicyclic amines) is 1. The number of carbonyl (C=O) groups excluding carboxylic acids is 7. The second-order valence-corrected chi connectivity index (χ2v) is 19.1. The maximum absolute atomic E-state index is 15.0. The second-order valence-electron chi connectivity index (χ2n) is 17.5. The van der Waals surface area contributed by atoms with E-state index in [0.29, 0.717) is 32.1 Å². The van der Waals surface area contributed by atoms with Crippen LogP contribution in [0.15, 0.2) is 65.8 Å². The molecule has 66 heavy (non-hydrogen) atoms. The third-order valence-electron chi connectivity index (χ3n) is 12.1. The lowest BCUT2D eigenvalue weighted by Crippen LogP contribution is -2.62. The van der Waals surface area contributed by atoms with Gasteiger partial charge in [0.2, 0.25) is 41.4 Å². The van der Waals surface area contributed by atoms with Crippen LogP contribution >= 0.6 is 11.8 Å². The summed E-state index contributed by atoms with van der Waals surface area (Å²) in [5, 5.41) is 12.0. The number of aromatic amines is 1. The van der Waals surface area contributed by atoms with E-state index >= 15 is 4.79 Å². The summed E-state index contributed by atoms with van der Waals surface area (Å²) in [5.74, 6) is -3.94. The Morgan fingerprint density at radius 2 is 1.53 bits per heavy atom. The Kier molecular flexibility index (Phi) is 18.0. The number of nitrogens with zero attached hydrogens (tertiary/aromatic N) is 3. The predicted octanol–water partition coefficient (Wildman–Crippen LogP) is 0.640. The summed E-state index contributed by atoms with van der Waals surface area (Å²) < 4.78 is -0.796. The molecule has 7 amide bonds. The first-order valence-electron chi connectivity index (χ1n) is 22.6. The van der Waals surface area contributed by atoms with E-state index in [1.54, 1.807) is 6.20 Å². The van der Waals surface area contributed by atoms with Crippen molar-refractivity contribution < 1.29 is 33.6 Å². The number of unbranched alkanes of at least 4 members (excludes halogenated alkanes) is 1. The molecule has 0 saturated carbocycles. The van der Waals surface area contributed by atoms with Gasteiger partial charge in [-0.3, -0.25) is 38.6 Å². The van der Waals surface area contributed by atoms with E-state index in [1.807, 2.05) is 75.4 Å². The van der Waals surface area contributed by atoms with Gasteiger partial charge >= 0.3 is 0 Å². The van der Waals surface area contributed by atoms with E-state index in [2.05, 4.69) is 31.2 Å². The minimum atomic E-state index is -1.23. The first kappa shape index (κ1) is 50.8. The summed E-state index contributed by atoms with van der Waals surface area (Å²) in [4.78, 5) is 107. The summed E-state index contributed by atoms with van der Waals surface area (Å²) in [6.45, 7) is 7.72. The first-order valence-corrected chi connectivity index (χ1v) is 23.6. The second kappa shape index (κ2) is 23.3. The molecule has 2 fully saturated rings. The topological polar surface area (TPSA) is 306 Å². The van der Waals surface area contributed by atoms with Crippen LogP contribution in [0.3, 0.4) is 0 Å². The molecule has 0 aliphatic carbocycles. The van der Waals surface area contributed by atoms with Crippen LogP contribution in [0, 0.1) is 0 Å². The zero-order valence-corrected chi connectivity index (χ0v) is 39.0. The summed E-state index contributed by atoms with van der Waals surface area (Å²) in [5.41, 5.74) is 24.7. The van der Waals surface area contributed by atoms with Gasteiger partial charge in [0.15, 0.2) is 5.96 Å². The average Bonchev–Trinajstić information content (AvgIpc) is 4.03. The third-order valence-corrected chi connectivity index (χ3v) is 13.5. The molecule has 7 atom stereocenters. The maximum atomic E-state index is 15.0. The quantitative estimate of drug-likeness (QED) is 0.0383. The van der Waals surface area contributed by atoms with E-state index in [1.165, 1.54) is 28.5 Å². The Morgan fingerprint density at radius 1 is 0.833 bits per heavy atom. The van der Waals surface area contributed by atoms with E-state index in [4.69, 9.17) is 22.9 Å². The number of thioether (sulfide) groups is 1. The summed E-state index contributed by atoms with van der Waals surface area (Å²) in [6.07, 6.45) is 5.27. The molecule has 358 valence electrons. The van der Waals surface area contributed by atoms with Gasteiger partial charge in [0, 0.05) is 47.8 Å². The maximum Gasteiger partial charge on any atom is 0.247 e. The number of H-pyrrole nitrogens is 1. The van der Waals surface area contributed by atoms with Crippen LogP contribution in [0.2, 0.25) is 0 Å². The predicted molar refractivity (Wildman–Crippen MR) is 254 cm³/mol. The molecule has 2 aliphatic rings. The molecule has 13 N–H and O–H groups in total. The summed E-state index contributed by atoms with van der Waals surface area (Å²) in [7, 11) is 0. The lowest BCUT2D eigenvalue weighted by atomic mass is 9.97. The van der Waals surface area contributed by atoms with Gasteiger partial charge < -0.3 is 59.0 Å². The van der Waals surface area contributed by atoms with Crippen molar-refractivity contribution in [3.05, 3.63) is 71.9 Å². The monoisotopic (exact) mass is 930 g/mol. The van der Waals surface area contributed by atoms with Crippen molar-refractivity contribution in [1.82, 2.24) is 36.1 Å². The van der Waals surface area contributed by atoms with Crippen LogP contribution in [0.1, 0.15) is 83.8 Å². The number of amides is 7. The standard InChI is InChI=1S/C46H66N12O7S/c1-5-6-18-33(38(48)59)54-42(63)36-20-13-22-57(36)44(65)37-46(3,4)66-26-58(37)43(64)35(23-28-14-8-7-9-15-28)56-41(62)34(24-29-25-52-32-19-11-10-16-30(29)32)55-39(60)27(2)53-40(61)31(47)17-12-21-51-45(49)50/h7-11,14-16,19,25,27,31,33-37,52H,5-6,12-13,17-18,20-24,26,47H2,1-4H3,(H2,48,59)(H,53,61)(H,54,63)(H,55,60)(H,56,62)(H4,49,50,51)/t27-,31-,33-,34+,35-,36-,37-/m0/s1. The lowest BCUT2D eigenvalue weighted by molar-refractivity contribution is -0.149. The lowest BCUT2D eigenvalue weighted by Gasteiger charge is -2.37. The molecule has 5 rings (SSSR count). The molecule has 20 heteroatoms. The fraction of sp³-hybridized carbons (Fsp3) is 0.522. The number of aliphatic imine (C=N–C) groups is 1. The number of para-hydroxylation sites is 1. The van der Waals surface area contributed by atoms with Gasteiger partial charge in [-0.25, -0.2) is 0 Å². The minimum absolute atomic E-state index is 0.0139. The third kappa shape index (κ3) is 13.2. The molecule has 2 aliphatic heterocycles. The Balaban J connectivity index is 1.39. The average molecular weight is 931 g/mol. The number of rotatable bonds is 22. The fourth-order valence-corrected chi connectivity index (χ4v) is 9.53. The SMILES string of the molecule is CCCC[C@H](NC(=O)[C@@H]1CCCN1C(=O)[C@@H]1N(C(=O)[C@H](Cc2ccccc2)NC(=O)[C@@H](Cc2c[nH]c3ccccc23)NC(=O)[C@H](C)NC(=O)[C@@H](N)CCCN=C(N)N)CSC1(C)C)C(N)=O. The van der Waals surface area contributed by atoms with E-state index < -0.39 is 88.4 Å².